The number of halogens is 1. The number of aromatic nitrogens is 2. The first-order valence-corrected chi connectivity index (χ1v) is 10.1. The van der Waals surface area contributed by atoms with E-state index in [4.69, 9.17) is 11.6 Å². The zero-order valence-corrected chi connectivity index (χ0v) is 16.1. The molecule has 0 radical (unpaired) electrons. The maximum atomic E-state index is 12.5. The summed E-state index contributed by atoms with van der Waals surface area (Å²) in [5, 5.41) is 2.53. The van der Waals surface area contributed by atoms with Gasteiger partial charge in [-0.1, -0.05) is 25.4 Å². The molecule has 132 valence electrons. The molecule has 1 N–H and O–H groups in total. The van der Waals surface area contributed by atoms with Crippen LogP contribution in [0, 0.1) is 0 Å². The van der Waals surface area contributed by atoms with Crippen LogP contribution in [0.5, 0.6) is 0 Å². The standard InChI is InChI=1S/C19H22ClN3OS/c1-3-23(4-2)7-8-25-12-18(24)13-5-6-17-15(9-13)16-10-14(20)11-21-19(16)22-17/h5-6,9-11H,3-4,7-8,12H2,1-2H3,(H,21,22). The number of rotatable bonds is 8. The Hall–Kier alpha value is -1.56. The summed E-state index contributed by atoms with van der Waals surface area (Å²) in [5.41, 5.74) is 2.50. The highest BCUT2D eigenvalue weighted by molar-refractivity contribution is 8.00. The normalized spacial score (nSPS) is 11.7. The Morgan fingerprint density at radius 1 is 1.24 bits per heavy atom. The number of hydrogen-bond donors (Lipinski definition) is 1. The summed E-state index contributed by atoms with van der Waals surface area (Å²) < 4.78 is 0. The van der Waals surface area contributed by atoms with Crippen LogP contribution in [0.25, 0.3) is 21.9 Å². The number of aromatic amines is 1. The highest BCUT2D eigenvalue weighted by Gasteiger charge is 2.11. The van der Waals surface area contributed by atoms with Crippen LogP contribution >= 0.6 is 23.4 Å². The maximum absolute atomic E-state index is 12.5. The molecule has 25 heavy (non-hydrogen) atoms. The number of fused-ring (bicyclic) bond motifs is 3. The summed E-state index contributed by atoms with van der Waals surface area (Å²) in [5.74, 6) is 1.65. The number of ketones is 1. The Kier molecular flexibility index (Phi) is 5.99. The van der Waals surface area contributed by atoms with Crippen LogP contribution < -0.4 is 0 Å². The lowest BCUT2D eigenvalue weighted by atomic mass is 10.1. The first-order valence-electron chi connectivity index (χ1n) is 8.52. The third-order valence-corrected chi connectivity index (χ3v) is 5.56. The molecule has 0 saturated carbocycles. The van der Waals surface area contributed by atoms with Gasteiger partial charge in [-0.25, -0.2) is 4.98 Å². The quantitative estimate of drug-likeness (QED) is 0.460. The van der Waals surface area contributed by atoms with Gasteiger partial charge in [0, 0.05) is 40.3 Å². The van der Waals surface area contributed by atoms with Gasteiger partial charge in [0.1, 0.15) is 5.65 Å². The van der Waals surface area contributed by atoms with Gasteiger partial charge in [-0.3, -0.25) is 4.79 Å². The molecule has 0 spiro atoms. The van der Waals surface area contributed by atoms with Crippen molar-refractivity contribution >= 4 is 51.1 Å². The lowest BCUT2D eigenvalue weighted by Gasteiger charge is -2.17. The fourth-order valence-corrected chi connectivity index (χ4v) is 3.94. The molecule has 0 aliphatic carbocycles. The summed E-state index contributed by atoms with van der Waals surface area (Å²) >= 11 is 7.76. The summed E-state index contributed by atoms with van der Waals surface area (Å²) in [6.07, 6.45) is 1.62. The van der Waals surface area contributed by atoms with Crippen molar-refractivity contribution in [1.82, 2.24) is 14.9 Å². The van der Waals surface area contributed by atoms with Gasteiger partial charge in [-0.05, 0) is 37.4 Å². The number of pyridine rings is 1. The van der Waals surface area contributed by atoms with E-state index < -0.39 is 0 Å². The highest BCUT2D eigenvalue weighted by atomic mass is 35.5. The molecule has 0 aliphatic rings. The first kappa shape index (κ1) is 18.2. The lowest BCUT2D eigenvalue weighted by molar-refractivity contribution is 0.102. The number of nitrogens with one attached hydrogen (secondary N) is 1. The van der Waals surface area contributed by atoms with E-state index in [0.717, 1.165) is 52.9 Å². The van der Waals surface area contributed by atoms with Crippen molar-refractivity contribution in [3.8, 4) is 0 Å². The molecule has 0 bridgehead atoms. The van der Waals surface area contributed by atoms with Gasteiger partial charge < -0.3 is 9.88 Å². The second-order valence-corrected chi connectivity index (χ2v) is 7.48. The topological polar surface area (TPSA) is 49.0 Å². The Balaban J connectivity index is 1.71. The minimum absolute atomic E-state index is 0.163. The molecule has 2 aromatic heterocycles. The van der Waals surface area contributed by atoms with E-state index >= 15 is 0 Å². The van der Waals surface area contributed by atoms with Crippen LogP contribution in [0.1, 0.15) is 24.2 Å². The van der Waals surface area contributed by atoms with E-state index in [2.05, 4.69) is 28.7 Å². The molecule has 0 unspecified atom stereocenters. The largest absolute Gasteiger partial charge is 0.339 e. The average Bonchev–Trinajstić information content (AvgIpc) is 2.98. The monoisotopic (exact) mass is 375 g/mol. The smallest absolute Gasteiger partial charge is 0.172 e. The van der Waals surface area contributed by atoms with Crippen molar-refractivity contribution in [3.63, 3.8) is 0 Å². The minimum atomic E-state index is 0.163. The molecule has 0 saturated heterocycles. The maximum Gasteiger partial charge on any atom is 0.172 e. The zero-order valence-electron chi connectivity index (χ0n) is 14.5. The van der Waals surface area contributed by atoms with Crippen molar-refractivity contribution < 1.29 is 4.79 Å². The van der Waals surface area contributed by atoms with Gasteiger partial charge in [0.2, 0.25) is 0 Å². The van der Waals surface area contributed by atoms with Crippen molar-refractivity contribution in [2.24, 2.45) is 0 Å². The number of hydrogen-bond acceptors (Lipinski definition) is 4. The van der Waals surface area contributed by atoms with Crippen molar-refractivity contribution in [1.29, 1.82) is 0 Å². The van der Waals surface area contributed by atoms with Gasteiger partial charge in [-0.2, -0.15) is 11.8 Å². The van der Waals surface area contributed by atoms with Gasteiger partial charge in [0.15, 0.2) is 5.78 Å². The molecular weight excluding hydrogens is 354 g/mol. The van der Waals surface area contributed by atoms with Crippen molar-refractivity contribution in [3.05, 3.63) is 41.0 Å². The van der Waals surface area contributed by atoms with Crippen molar-refractivity contribution in [2.75, 3.05) is 31.1 Å². The van der Waals surface area contributed by atoms with E-state index in [9.17, 15) is 4.79 Å². The molecule has 0 atom stereocenters. The van der Waals surface area contributed by atoms with E-state index in [-0.39, 0.29) is 5.78 Å². The lowest BCUT2D eigenvalue weighted by Crippen LogP contribution is -2.25. The molecule has 1 aromatic carbocycles. The SMILES string of the molecule is CCN(CC)CCSCC(=O)c1ccc2[nH]c3ncc(Cl)cc3c2c1. The predicted octanol–water partition coefficient (Wildman–Crippen LogP) is 4.63. The predicted molar refractivity (Wildman–Crippen MR) is 108 cm³/mol. The Labute approximate surface area is 156 Å². The number of benzene rings is 1. The Bertz CT molecular complexity index is 889. The van der Waals surface area contributed by atoms with E-state index in [1.807, 2.05) is 24.3 Å². The number of carbonyl (C=O) groups is 1. The number of carbonyl (C=O) groups excluding carboxylic acids is 1. The van der Waals surface area contributed by atoms with Crippen LogP contribution in [0.3, 0.4) is 0 Å². The Morgan fingerprint density at radius 3 is 2.80 bits per heavy atom. The second kappa shape index (κ2) is 8.21. The molecule has 0 fully saturated rings. The van der Waals surface area contributed by atoms with Crippen LogP contribution in [-0.4, -0.2) is 51.8 Å². The highest BCUT2D eigenvalue weighted by Crippen LogP contribution is 2.27. The van der Waals surface area contributed by atoms with Gasteiger partial charge in [-0.15, -0.1) is 0 Å². The first-order chi connectivity index (χ1) is 12.1. The second-order valence-electron chi connectivity index (χ2n) is 5.94. The molecule has 0 aliphatic heterocycles. The van der Waals surface area contributed by atoms with Crippen LogP contribution in [0.15, 0.2) is 30.5 Å². The van der Waals surface area contributed by atoms with Crippen LogP contribution in [-0.2, 0) is 0 Å². The van der Waals surface area contributed by atoms with E-state index in [1.54, 1.807) is 18.0 Å². The van der Waals surface area contributed by atoms with Crippen molar-refractivity contribution in [2.45, 2.75) is 13.8 Å². The molecule has 3 aromatic rings. The van der Waals surface area contributed by atoms with E-state index in [0.29, 0.717) is 10.8 Å². The number of thioether (sulfide) groups is 1. The van der Waals surface area contributed by atoms with E-state index in [1.165, 1.54) is 0 Å². The number of nitrogens with zero attached hydrogens (tertiary/aromatic N) is 2. The summed E-state index contributed by atoms with van der Waals surface area (Å²) in [6.45, 7) is 7.46. The minimum Gasteiger partial charge on any atom is -0.339 e. The summed E-state index contributed by atoms with van der Waals surface area (Å²) in [7, 11) is 0. The average molecular weight is 376 g/mol. The number of H-pyrrole nitrogens is 1. The third-order valence-electron chi connectivity index (χ3n) is 4.42. The Morgan fingerprint density at radius 2 is 2.04 bits per heavy atom. The third kappa shape index (κ3) is 4.17. The summed E-state index contributed by atoms with van der Waals surface area (Å²) in [4.78, 5) is 22.4. The van der Waals surface area contributed by atoms with Gasteiger partial charge in [0.25, 0.3) is 0 Å². The van der Waals surface area contributed by atoms with Gasteiger partial charge in [0.05, 0.1) is 10.8 Å². The number of Topliss-reactive ketones (excluding diaryl/α,β-unsaturated/α-hetero) is 1. The fourth-order valence-electron chi connectivity index (χ4n) is 2.90. The summed E-state index contributed by atoms with van der Waals surface area (Å²) in [6, 6.07) is 7.65. The van der Waals surface area contributed by atoms with Crippen LogP contribution in [0.2, 0.25) is 5.02 Å². The molecule has 6 heteroatoms. The fraction of sp³-hybridized carbons (Fsp3) is 0.368. The van der Waals surface area contributed by atoms with Gasteiger partial charge >= 0.3 is 0 Å². The molecular formula is C19H22ClN3OS. The molecule has 4 nitrogen and oxygen atoms in total. The van der Waals surface area contributed by atoms with Crippen LogP contribution in [0.4, 0.5) is 0 Å². The molecule has 0 amide bonds. The zero-order chi connectivity index (χ0) is 17.8. The molecule has 3 rings (SSSR count). The molecule has 2 heterocycles.